The van der Waals surface area contributed by atoms with Crippen molar-refractivity contribution in [3.8, 4) is 5.69 Å². The van der Waals surface area contributed by atoms with Crippen molar-refractivity contribution in [1.29, 1.82) is 0 Å². The van der Waals surface area contributed by atoms with Gasteiger partial charge in [0.05, 0.1) is 28.1 Å². The van der Waals surface area contributed by atoms with Crippen LogP contribution in [0.15, 0.2) is 181 Å². The zero-order valence-corrected chi connectivity index (χ0v) is 27.4. The number of hydrogen-bond donors (Lipinski definition) is 1. The molecule has 0 spiro atoms. The van der Waals surface area contributed by atoms with Gasteiger partial charge < -0.3 is 9.88 Å². The third-order valence-corrected chi connectivity index (χ3v) is 10.4. The number of rotatable bonds is 4. The van der Waals surface area contributed by atoms with Crippen LogP contribution in [0.5, 0.6) is 0 Å². The van der Waals surface area contributed by atoms with Crippen molar-refractivity contribution in [3.05, 3.63) is 193 Å². The van der Waals surface area contributed by atoms with Crippen molar-refractivity contribution in [1.82, 2.24) is 14.5 Å². The molecule has 3 heterocycles. The lowest BCUT2D eigenvalue weighted by Gasteiger charge is -2.23. The zero-order valence-electron chi connectivity index (χ0n) is 27.4. The van der Waals surface area contributed by atoms with Gasteiger partial charge in [0.1, 0.15) is 0 Å². The summed E-state index contributed by atoms with van der Waals surface area (Å²) in [5, 5.41) is 8.72. The average Bonchev–Trinajstić information content (AvgIpc) is 3.71. The van der Waals surface area contributed by atoms with Crippen molar-refractivity contribution < 1.29 is 0 Å². The number of hydrogen-bond acceptors (Lipinski definition) is 2. The maximum Gasteiger partial charge on any atom is 0.208 e. The van der Waals surface area contributed by atoms with Crippen molar-refractivity contribution in [2.24, 2.45) is 4.99 Å². The molecular formula is C46H34N4. The van der Waals surface area contributed by atoms with Crippen LogP contribution in [0.2, 0.25) is 0 Å². The number of nitrogens with zero attached hydrogens (tertiary/aromatic N) is 3. The maximum atomic E-state index is 4.91. The van der Waals surface area contributed by atoms with Gasteiger partial charge in [0, 0.05) is 39.4 Å². The summed E-state index contributed by atoms with van der Waals surface area (Å²) in [6.45, 7) is 0. The summed E-state index contributed by atoms with van der Waals surface area (Å²) in [6.07, 6.45) is 12.1. The minimum atomic E-state index is -0.0132. The summed E-state index contributed by atoms with van der Waals surface area (Å²) in [6, 6.07) is 52.5. The molecule has 2 aliphatic rings. The molecule has 0 bridgehead atoms. The molecule has 50 heavy (non-hydrogen) atoms. The van der Waals surface area contributed by atoms with Gasteiger partial charge in [0.2, 0.25) is 5.96 Å². The highest BCUT2D eigenvalue weighted by Crippen LogP contribution is 2.36. The number of aliphatic imine (C=N–C) groups is 1. The van der Waals surface area contributed by atoms with Crippen LogP contribution in [0.25, 0.3) is 54.9 Å². The fourth-order valence-corrected chi connectivity index (χ4v) is 7.96. The molecule has 4 nitrogen and oxygen atoms in total. The highest BCUT2D eigenvalue weighted by molar-refractivity contribution is 6.15. The number of fused-ring (bicyclic) bond motifs is 6. The highest BCUT2D eigenvalue weighted by atomic mass is 15.2. The van der Waals surface area contributed by atoms with Crippen LogP contribution < -0.4 is 5.32 Å². The number of aromatic nitrogens is 2. The van der Waals surface area contributed by atoms with Crippen molar-refractivity contribution in [2.45, 2.75) is 18.4 Å². The Morgan fingerprint density at radius 1 is 0.540 bits per heavy atom. The Balaban J connectivity index is 1.00. The Morgan fingerprint density at radius 2 is 1.18 bits per heavy atom. The first-order chi connectivity index (χ1) is 24.8. The van der Waals surface area contributed by atoms with Crippen molar-refractivity contribution in [3.63, 3.8) is 0 Å². The largest absolute Gasteiger partial charge is 0.345 e. The zero-order chi connectivity index (χ0) is 33.0. The molecule has 1 N–H and O–H groups in total. The van der Waals surface area contributed by atoms with Gasteiger partial charge in [-0.25, -0.2) is 4.99 Å². The maximum absolute atomic E-state index is 4.91. The third-order valence-electron chi connectivity index (χ3n) is 10.4. The van der Waals surface area contributed by atoms with Gasteiger partial charge in [-0.3, -0.25) is 4.57 Å². The molecule has 10 rings (SSSR count). The van der Waals surface area contributed by atoms with E-state index >= 15 is 0 Å². The molecule has 8 aromatic rings. The molecule has 0 radical (unpaired) electrons. The van der Waals surface area contributed by atoms with Gasteiger partial charge in [-0.15, -0.1) is 0 Å². The second kappa shape index (κ2) is 11.6. The van der Waals surface area contributed by atoms with Gasteiger partial charge in [0.15, 0.2) is 0 Å². The summed E-state index contributed by atoms with van der Waals surface area (Å²) >= 11 is 0. The number of benzene rings is 6. The van der Waals surface area contributed by atoms with Crippen LogP contribution >= 0.6 is 0 Å². The van der Waals surface area contributed by atoms with Gasteiger partial charge >= 0.3 is 0 Å². The molecule has 6 aromatic carbocycles. The first-order valence-electron chi connectivity index (χ1n) is 17.4. The Hall–Kier alpha value is -6.39. The van der Waals surface area contributed by atoms with E-state index in [1.54, 1.807) is 0 Å². The summed E-state index contributed by atoms with van der Waals surface area (Å²) in [5.74, 6) is 1.25. The second-order valence-electron chi connectivity index (χ2n) is 13.2. The summed E-state index contributed by atoms with van der Waals surface area (Å²) < 4.78 is 4.66. The molecule has 4 heteroatoms. The first-order valence-corrected chi connectivity index (χ1v) is 17.4. The van der Waals surface area contributed by atoms with E-state index in [1.807, 2.05) is 6.20 Å². The lowest BCUT2D eigenvalue weighted by molar-refractivity contribution is 0.756. The monoisotopic (exact) mass is 642 g/mol. The van der Waals surface area contributed by atoms with E-state index in [9.17, 15) is 0 Å². The van der Waals surface area contributed by atoms with E-state index in [1.165, 1.54) is 54.8 Å². The minimum absolute atomic E-state index is 0.0132. The molecule has 2 aromatic heterocycles. The normalized spacial score (nSPS) is 17.4. The average molecular weight is 643 g/mol. The van der Waals surface area contributed by atoms with Crippen LogP contribution in [0.3, 0.4) is 0 Å². The molecule has 0 amide bonds. The number of nitrogens with one attached hydrogen (secondary N) is 1. The number of allylic oxidation sites excluding steroid dienone is 4. The Labute approximate surface area is 290 Å². The minimum Gasteiger partial charge on any atom is -0.345 e. The molecular weight excluding hydrogens is 609 g/mol. The van der Waals surface area contributed by atoms with E-state index < -0.39 is 0 Å². The third kappa shape index (κ3) is 4.64. The van der Waals surface area contributed by atoms with Crippen LogP contribution in [0.1, 0.15) is 35.1 Å². The fraction of sp³-hybridized carbons (Fsp3) is 0.0652. The predicted molar refractivity (Wildman–Crippen MR) is 209 cm³/mol. The highest BCUT2D eigenvalue weighted by Gasteiger charge is 2.21. The standard InChI is InChI=1S/C46H34N4/c1-2-11-31(12-3-1)32-21-23-33(24-22-32)34-13-10-14-35(29-34)41-27-28-47-46(48-41)50-44-20-9-6-17-39(44)40-30-36(25-26-45(40)50)49-42-18-7-4-15-37(42)38-16-5-8-19-43(38)49/h1-21,23-30,32,41H,22H2,(H,47,48). The molecule has 0 fully saturated rings. The quantitative estimate of drug-likeness (QED) is 0.204. The molecule has 2 unspecified atom stereocenters. The molecule has 1 aliphatic carbocycles. The smallest absolute Gasteiger partial charge is 0.208 e. The van der Waals surface area contributed by atoms with Gasteiger partial charge in [-0.2, -0.15) is 0 Å². The van der Waals surface area contributed by atoms with Crippen LogP contribution in [-0.4, -0.2) is 15.1 Å². The van der Waals surface area contributed by atoms with Crippen molar-refractivity contribution >= 4 is 55.1 Å². The lowest BCUT2D eigenvalue weighted by atomic mass is 9.88. The van der Waals surface area contributed by atoms with E-state index in [-0.39, 0.29) is 6.04 Å². The SMILES string of the molecule is C1=CC(c2cccc(C3=CCC(c4ccccc4)C=C3)c2)NC(n2c3ccccc3c3cc(-n4c5ccccc5c5ccccc54)ccc32)=N1. The van der Waals surface area contributed by atoms with Crippen LogP contribution in [0.4, 0.5) is 0 Å². The molecule has 1 aliphatic heterocycles. The van der Waals surface area contributed by atoms with E-state index in [0.717, 1.165) is 29.1 Å². The molecule has 0 saturated heterocycles. The Morgan fingerprint density at radius 3 is 1.90 bits per heavy atom. The van der Waals surface area contributed by atoms with E-state index in [0.29, 0.717) is 5.92 Å². The number of para-hydroxylation sites is 3. The fourth-order valence-electron chi connectivity index (χ4n) is 7.96. The van der Waals surface area contributed by atoms with Crippen molar-refractivity contribution in [2.75, 3.05) is 0 Å². The topological polar surface area (TPSA) is 34.2 Å². The summed E-state index contributed by atoms with van der Waals surface area (Å²) in [7, 11) is 0. The predicted octanol–water partition coefficient (Wildman–Crippen LogP) is 11.1. The van der Waals surface area contributed by atoms with Crippen LogP contribution in [-0.2, 0) is 0 Å². The molecule has 2 atom stereocenters. The van der Waals surface area contributed by atoms with E-state index in [2.05, 4.69) is 184 Å². The first kappa shape index (κ1) is 28.6. The molecule has 238 valence electrons. The van der Waals surface area contributed by atoms with Gasteiger partial charge in [-0.1, -0.05) is 121 Å². The summed E-state index contributed by atoms with van der Waals surface area (Å²) in [4.78, 5) is 4.91. The lowest BCUT2D eigenvalue weighted by Crippen LogP contribution is -2.34. The Bertz CT molecular complexity index is 2670. The van der Waals surface area contributed by atoms with Gasteiger partial charge in [0.25, 0.3) is 0 Å². The molecule has 0 saturated carbocycles. The summed E-state index contributed by atoms with van der Waals surface area (Å²) in [5.41, 5.74) is 10.9. The van der Waals surface area contributed by atoms with Gasteiger partial charge in [-0.05, 0) is 77.2 Å². The second-order valence-corrected chi connectivity index (χ2v) is 13.2. The van der Waals surface area contributed by atoms with Crippen LogP contribution in [0, 0.1) is 0 Å². The van der Waals surface area contributed by atoms with E-state index in [4.69, 9.17) is 4.99 Å². The Kier molecular flexibility index (Phi) is 6.66.